The first kappa shape index (κ1) is 17.1. The zero-order chi connectivity index (χ0) is 19.0. The number of rotatable bonds is 3. The highest BCUT2D eigenvalue weighted by atomic mass is 16.5. The maximum absolute atomic E-state index is 12.5. The van der Waals surface area contributed by atoms with Crippen molar-refractivity contribution in [3.05, 3.63) is 63.5 Å². The van der Waals surface area contributed by atoms with Gasteiger partial charge in [0.15, 0.2) is 0 Å². The number of aryl methyl sites for hydroxylation is 2. The summed E-state index contributed by atoms with van der Waals surface area (Å²) in [5.74, 6) is 0.584. The van der Waals surface area contributed by atoms with Crippen molar-refractivity contribution in [2.24, 2.45) is 0 Å². The van der Waals surface area contributed by atoms with E-state index < -0.39 is 5.63 Å². The number of carbonyl (C=O) groups is 1. The van der Waals surface area contributed by atoms with Crippen molar-refractivity contribution in [3.63, 3.8) is 0 Å². The van der Waals surface area contributed by atoms with E-state index in [0.29, 0.717) is 34.4 Å². The highest BCUT2D eigenvalue weighted by Gasteiger charge is 2.16. The first-order chi connectivity index (χ1) is 13.0. The molecule has 0 atom stereocenters. The lowest BCUT2D eigenvalue weighted by Crippen LogP contribution is -2.21. The lowest BCUT2D eigenvalue weighted by Gasteiger charge is -2.18. The van der Waals surface area contributed by atoms with Crippen LogP contribution in [0.25, 0.3) is 11.0 Å². The van der Waals surface area contributed by atoms with E-state index in [-0.39, 0.29) is 18.1 Å². The summed E-state index contributed by atoms with van der Waals surface area (Å²) in [6.45, 7) is 2.49. The van der Waals surface area contributed by atoms with Crippen molar-refractivity contribution in [2.45, 2.75) is 26.2 Å². The van der Waals surface area contributed by atoms with Gasteiger partial charge >= 0.3 is 5.63 Å². The van der Waals surface area contributed by atoms with Gasteiger partial charge in [0.05, 0.1) is 18.6 Å². The van der Waals surface area contributed by atoms with Crippen LogP contribution in [0.5, 0.6) is 11.5 Å². The lowest BCUT2D eigenvalue weighted by molar-refractivity contribution is -0.115. The Labute approximate surface area is 155 Å². The minimum atomic E-state index is -0.570. The quantitative estimate of drug-likeness (QED) is 0.695. The molecule has 6 nitrogen and oxygen atoms in total. The van der Waals surface area contributed by atoms with E-state index in [0.717, 1.165) is 24.2 Å². The van der Waals surface area contributed by atoms with Crippen LogP contribution >= 0.6 is 0 Å². The number of hydrogen-bond donors (Lipinski definition) is 2. The standard InChI is InChI=1S/C21H19NO5/c1-12-16-6-5-15(23)10-19(16)27-21(25)17(12)11-20(24)22-14-4-7-18-13(9-14)3-2-8-26-18/h4-7,9-10,23H,2-3,8,11H2,1H3,(H,22,24). The van der Waals surface area contributed by atoms with Gasteiger partial charge in [-0.3, -0.25) is 4.79 Å². The monoisotopic (exact) mass is 365 g/mol. The summed E-state index contributed by atoms with van der Waals surface area (Å²) in [5, 5.41) is 13.1. The molecule has 0 unspecified atom stereocenters. The summed E-state index contributed by atoms with van der Waals surface area (Å²) in [5.41, 5.74) is 2.47. The fraction of sp³-hybridized carbons (Fsp3) is 0.238. The van der Waals surface area contributed by atoms with E-state index in [1.807, 2.05) is 12.1 Å². The van der Waals surface area contributed by atoms with Gasteiger partial charge in [-0.2, -0.15) is 0 Å². The van der Waals surface area contributed by atoms with Crippen LogP contribution in [0.15, 0.2) is 45.6 Å². The second-order valence-corrected chi connectivity index (χ2v) is 6.67. The van der Waals surface area contributed by atoms with E-state index >= 15 is 0 Å². The minimum Gasteiger partial charge on any atom is -0.508 e. The predicted molar refractivity (Wildman–Crippen MR) is 101 cm³/mol. The number of aromatic hydroxyl groups is 1. The van der Waals surface area contributed by atoms with Crippen LogP contribution < -0.4 is 15.7 Å². The van der Waals surface area contributed by atoms with Gasteiger partial charge in [-0.15, -0.1) is 0 Å². The Hall–Kier alpha value is -3.28. The Kier molecular flexibility index (Phi) is 4.32. The van der Waals surface area contributed by atoms with Crippen molar-refractivity contribution in [3.8, 4) is 11.5 Å². The molecular formula is C21H19NO5. The molecule has 1 aromatic heterocycles. The fourth-order valence-electron chi connectivity index (χ4n) is 3.39. The Morgan fingerprint density at radius 1 is 1.22 bits per heavy atom. The molecule has 138 valence electrons. The molecule has 3 aromatic rings. The Morgan fingerprint density at radius 2 is 2.07 bits per heavy atom. The molecule has 0 saturated carbocycles. The van der Waals surface area contributed by atoms with Crippen LogP contribution in [0, 0.1) is 6.92 Å². The van der Waals surface area contributed by atoms with E-state index in [4.69, 9.17) is 9.15 Å². The third-order valence-electron chi connectivity index (χ3n) is 4.80. The number of phenols is 1. The maximum atomic E-state index is 12.5. The molecule has 0 fully saturated rings. The maximum Gasteiger partial charge on any atom is 0.340 e. The van der Waals surface area contributed by atoms with Crippen LogP contribution in [0.3, 0.4) is 0 Å². The molecule has 0 saturated heterocycles. The average molecular weight is 365 g/mol. The largest absolute Gasteiger partial charge is 0.508 e. The smallest absolute Gasteiger partial charge is 0.340 e. The summed E-state index contributed by atoms with van der Waals surface area (Å²) in [7, 11) is 0. The van der Waals surface area contributed by atoms with Gasteiger partial charge in [-0.1, -0.05) is 0 Å². The Bertz CT molecular complexity index is 1100. The topological polar surface area (TPSA) is 88.8 Å². The first-order valence-electron chi connectivity index (χ1n) is 8.82. The molecule has 0 aliphatic carbocycles. The molecular weight excluding hydrogens is 346 g/mol. The third-order valence-corrected chi connectivity index (χ3v) is 4.80. The van der Waals surface area contributed by atoms with Gasteiger partial charge < -0.3 is 19.6 Å². The van der Waals surface area contributed by atoms with Crippen LogP contribution in [-0.4, -0.2) is 17.6 Å². The van der Waals surface area contributed by atoms with Crippen molar-refractivity contribution in [2.75, 3.05) is 11.9 Å². The lowest BCUT2D eigenvalue weighted by atomic mass is 10.0. The number of anilines is 1. The van der Waals surface area contributed by atoms with Gasteiger partial charge in [0.2, 0.25) is 5.91 Å². The van der Waals surface area contributed by atoms with Gasteiger partial charge in [-0.05, 0) is 61.2 Å². The molecule has 1 aliphatic rings. The number of hydrogen-bond acceptors (Lipinski definition) is 5. The number of nitrogens with one attached hydrogen (secondary N) is 1. The minimum absolute atomic E-state index is 0.0203. The Morgan fingerprint density at radius 3 is 2.93 bits per heavy atom. The number of carbonyl (C=O) groups excluding carboxylic acids is 1. The molecule has 27 heavy (non-hydrogen) atoms. The van der Waals surface area contributed by atoms with Gasteiger partial charge in [0.1, 0.15) is 17.1 Å². The SMILES string of the molecule is Cc1c(CC(=O)Nc2ccc3c(c2)CCCO3)c(=O)oc2cc(O)ccc12. The summed E-state index contributed by atoms with van der Waals surface area (Å²) in [6, 6.07) is 10.1. The van der Waals surface area contributed by atoms with Crippen molar-refractivity contribution >= 4 is 22.6 Å². The zero-order valence-corrected chi connectivity index (χ0v) is 14.9. The fourth-order valence-corrected chi connectivity index (χ4v) is 3.39. The van der Waals surface area contributed by atoms with E-state index in [9.17, 15) is 14.7 Å². The molecule has 1 amide bonds. The number of benzene rings is 2. The summed E-state index contributed by atoms with van der Waals surface area (Å²) < 4.78 is 10.8. The molecule has 0 radical (unpaired) electrons. The van der Waals surface area contributed by atoms with E-state index in [2.05, 4.69) is 5.32 Å². The summed E-state index contributed by atoms with van der Waals surface area (Å²) >= 11 is 0. The van der Waals surface area contributed by atoms with Crippen molar-refractivity contribution < 1.29 is 19.1 Å². The highest BCUT2D eigenvalue weighted by molar-refractivity contribution is 5.93. The number of amides is 1. The summed E-state index contributed by atoms with van der Waals surface area (Å²) in [4.78, 5) is 24.8. The average Bonchev–Trinajstić information content (AvgIpc) is 2.65. The number of phenolic OH excluding ortho intramolecular Hbond substituents is 1. The third kappa shape index (κ3) is 3.38. The molecule has 6 heteroatoms. The second-order valence-electron chi connectivity index (χ2n) is 6.67. The van der Waals surface area contributed by atoms with Gasteiger partial charge in [0.25, 0.3) is 0 Å². The van der Waals surface area contributed by atoms with Gasteiger partial charge in [0, 0.05) is 17.1 Å². The van der Waals surface area contributed by atoms with Gasteiger partial charge in [-0.25, -0.2) is 4.79 Å². The van der Waals surface area contributed by atoms with E-state index in [1.165, 1.54) is 12.1 Å². The van der Waals surface area contributed by atoms with Crippen LogP contribution in [0.2, 0.25) is 0 Å². The predicted octanol–water partition coefficient (Wildman–Crippen LogP) is 3.31. The van der Waals surface area contributed by atoms with Crippen LogP contribution in [0.4, 0.5) is 5.69 Å². The number of ether oxygens (including phenoxy) is 1. The normalized spacial score (nSPS) is 13.1. The summed E-state index contributed by atoms with van der Waals surface area (Å²) in [6.07, 6.45) is 1.79. The molecule has 0 spiro atoms. The highest BCUT2D eigenvalue weighted by Crippen LogP contribution is 2.28. The molecule has 0 bridgehead atoms. The second kappa shape index (κ2) is 6.79. The van der Waals surface area contributed by atoms with Crippen molar-refractivity contribution in [1.82, 2.24) is 0 Å². The van der Waals surface area contributed by atoms with Crippen LogP contribution in [-0.2, 0) is 17.6 Å². The molecule has 2 aromatic carbocycles. The molecule has 4 rings (SSSR count). The first-order valence-corrected chi connectivity index (χ1v) is 8.82. The Balaban J connectivity index is 1.58. The molecule has 1 aliphatic heterocycles. The molecule has 2 N–H and O–H groups in total. The number of fused-ring (bicyclic) bond motifs is 2. The van der Waals surface area contributed by atoms with Crippen LogP contribution in [0.1, 0.15) is 23.1 Å². The van der Waals surface area contributed by atoms with E-state index in [1.54, 1.807) is 19.1 Å². The van der Waals surface area contributed by atoms with Crippen molar-refractivity contribution in [1.29, 1.82) is 0 Å². The molecule has 2 heterocycles. The zero-order valence-electron chi connectivity index (χ0n) is 14.9.